The van der Waals surface area contributed by atoms with Gasteiger partial charge in [-0.3, -0.25) is 0 Å². The Balaban J connectivity index is 0. The third-order valence-electron chi connectivity index (χ3n) is 0. The minimum Gasteiger partial charge on any atom is -1.00 e. The zero-order valence-corrected chi connectivity index (χ0v) is 11.0. The summed E-state index contributed by atoms with van der Waals surface area (Å²) < 4.78 is 0. The summed E-state index contributed by atoms with van der Waals surface area (Å²) in [6.07, 6.45) is 0. The minimum absolute atomic E-state index is 0. The standard InChI is InChI=1S/Al.Au.Cs.Cu.4H/q;;+1;;;;;-1. The fraction of sp³-hybridized carbons (Fsp3) is 0. The maximum absolute atomic E-state index is 0. The molecule has 0 bridgehead atoms. The first-order valence-electron chi connectivity index (χ1n) is 0. The zero-order valence-electron chi connectivity index (χ0n) is 2.60. The molecule has 0 saturated heterocycles. The predicted molar refractivity (Wildman–Crippen MR) is 11.1 cm³/mol. The molecule has 0 aromatic heterocycles. The molecule has 0 aliphatic carbocycles. The molecule has 30 valence electrons. The fourth-order valence-electron chi connectivity index (χ4n) is 0. The molecular formula is H4AlAuCsCu. The van der Waals surface area contributed by atoms with Crippen molar-refractivity contribution in [1.82, 2.24) is 0 Å². The number of hydrogen-bond acceptors (Lipinski definition) is 0. The monoisotopic (exact) mass is 424 g/mol. The van der Waals surface area contributed by atoms with Crippen LogP contribution in [-0.2, 0) is 39.4 Å². The molecule has 0 aliphatic heterocycles. The Kier molecular flexibility index (Phi) is 98.3. The van der Waals surface area contributed by atoms with Gasteiger partial charge in [0.2, 0.25) is 0 Å². The maximum Gasteiger partial charge on any atom is 1.00 e. The molecule has 0 unspecified atom stereocenters. The second-order valence-electron chi connectivity index (χ2n) is 0. The summed E-state index contributed by atoms with van der Waals surface area (Å²) in [5.41, 5.74) is 0. The molecule has 0 spiro atoms. The van der Waals surface area contributed by atoms with E-state index in [2.05, 4.69) is 0 Å². The van der Waals surface area contributed by atoms with Crippen molar-refractivity contribution in [3.8, 4) is 0 Å². The van der Waals surface area contributed by atoms with Gasteiger partial charge >= 0.3 is 68.9 Å². The van der Waals surface area contributed by atoms with Crippen LogP contribution in [0.1, 0.15) is 1.43 Å². The number of rotatable bonds is 0. The molecule has 0 rings (SSSR count). The Bertz CT molecular complexity index is 11.6. The second-order valence-corrected chi connectivity index (χ2v) is 0. The van der Waals surface area contributed by atoms with Gasteiger partial charge in [0.05, 0.1) is 0 Å². The van der Waals surface area contributed by atoms with E-state index in [1.54, 1.807) is 0 Å². The van der Waals surface area contributed by atoms with Crippen molar-refractivity contribution in [2.24, 2.45) is 0 Å². The van der Waals surface area contributed by atoms with Gasteiger partial charge in [-0.15, -0.1) is 0 Å². The molecular weight excluding hydrogens is 420 g/mol. The van der Waals surface area contributed by atoms with Crippen LogP contribution in [0.3, 0.4) is 0 Å². The molecule has 0 atom stereocenters. The van der Waals surface area contributed by atoms with Gasteiger partial charge in [0.1, 0.15) is 0 Å². The average molecular weight is 424 g/mol. The maximum atomic E-state index is 0. The first kappa shape index (κ1) is 24.9. The van der Waals surface area contributed by atoms with Crippen LogP contribution in [0.5, 0.6) is 0 Å². The average Bonchev–Trinajstić information content (AvgIpc) is 0. The smallest absolute Gasteiger partial charge is 1.00 e. The summed E-state index contributed by atoms with van der Waals surface area (Å²) >= 11 is 0. The Morgan fingerprint density at radius 2 is 1.25 bits per heavy atom. The SMILES string of the molecule is [AlH3].[Au].[Cs+].[Cu].[H-]. The van der Waals surface area contributed by atoms with Gasteiger partial charge in [0.25, 0.3) is 0 Å². The first-order valence-corrected chi connectivity index (χ1v) is 0. The molecule has 4 heavy (non-hydrogen) atoms. The Morgan fingerprint density at radius 1 is 1.25 bits per heavy atom. The van der Waals surface area contributed by atoms with Gasteiger partial charge in [-0.25, -0.2) is 0 Å². The van der Waals surface area contributed by atoms with Crippen molar-refractivity contribution >= 4 is 17.4 Å². The molecule has 2 radical (unpaired) electrons. The van der Waals surface area contributed by atoms with Crippen molar-refractivity contribution in [1.29, 1.82) is 0 Å². The topological polar surface area (TPSA) is 0 Å². The number of hydrogen-bond donors (Lipinski definition) is 0. The van der Waals surface area contributed by atoms with Gasteiger partial charge in [-0.1, -0.05) is 0 Å². The molecule has 0 N–H and O–H groups in total. The molecule has 0 saturated carbocycles. The molecule has 0 aliphatic rings. The van der Waals surface area contributed by atoms with Crippen LogP contribution >= 0.6 is 0 Å². The molecule has 0 nitrogen and oxygen atoms in total. The Morgan fingerprint density at radius 3 is 1.25 bits per heavy atom. The molecule has 4 heteroatoms. The van der Waals surface area contributed by atoms with Gasteiger partial charge < -0.3 is 1.43 Å². The van der Waals surface area contributed by atoms with Crippen molar-refractivity contribution in [3.63, 3.8) is 0 Å². The van der Waals surface area contributed by atoms with Gasteiger partial charge in [-0.05, 0) is 0 Å². The third kappa shape index (κ3) is 9.28. The molecule has 0 fully saturated rings. The van der Waals surface area contributed by atoms with E-state index < -0.39 is 0 Å². The van der Waals surface area contributed by atoms with Gasteiger partial charge in [0.15, 0.2) is 17.4 Å². The Labute approximate surface area is 123 Å². The van der Waals surface area contributed by atoms with Crippen molar-refractivity contribution in [2.45, 2.75) is 0 Å². The molecule has 0 heterocycles. The third-order valence-corrected chi connectivity index (χ3v) is 0. The van der Waals surface area contributed by atoms with Gasteiger partial charge in [0, 0.05) is 39.4 Å². The minimum atomic E-state index is 0. The van der Waals surface area contributed by atoms with E-state index >= 15 is 0 Å². The van der Waals surface area contributed by atoms with Gasteiger partial charge in [-0.2, -0.15) is 0 Å². The largest absolute Gasteiger partial charge is 1.00 e. The van der Waals surface area contributed by atoms with E-state index in [4.69, 9.17) is 0 Å². The summed E-state index contributed by atoms with van der Waals surface area (Å²) in [6, 6.07) is 0. The van der Waals surface area contributed by atoms with Crippen LogP contribution in [0, 0.1) is 0 Å². The molecule has 0 aromatic rings. The van der Waals surface area contributed by atoms with E-state index in [-0.39, 0.29) is 127 Å². The zero-order chi connectivity index (χ0) is 0. The summed E-state index contributed by atoms with van der Waals surface area (Å²) in [5, 5.41) is 0. The summed E-state index contributed by atoms with van der Waals surface area (Å²) in [6.45, 7) is 0. The predicted octanol–water partition coefficient (Wildman–Crippen LogP) is -4.07. The van der Waals surface area contributed by atoms with E-state index in [0.29, 0.717) is 0 Å². The van der Waals surface area contributed by atoms with Crippen LogP contribution in [0.2, 0.25) is 0 Å². The van der Waals surface area contributed by atoms with Crippen molar-refractivity contribution < 1.29 is 110 Å². The van der Waals surface area contributed by atoms with Crippen LogP contribution in [0.25, 0.3) is 0 Å². The normalized spacial score (nSPS) is 0. The van der Waals surface area contributed by atoms with Crippen LogP contribution in [0.4, 0.5) is 0 Å². The van der Waals surface area contributed by atoms with E-state index in [0.717, 1.165) is 0 Å². The van der Waals surface area contributed by atoms with Crippen LogP contribution < -0.4 is 68.9 Å². The second kappa shape index (κ2) is 15.8. The fourth-order valence-corrected chi connectivity index (χ4v) is 0. The molecule has 0 aromatic carbocycles. The van der Waals surface area contributed by atoms with E-state index in [9.17, 15) is 0 Å². The summed E-state index contributed by atoms with van der Waals surface area (Å²) in [4.78, 5) is 0. The summed E-state index contributed by atoms with van der Waals surface area (Å²) in [5.74, 6) is 0. The summed E-state index contributed by atoms with van der Waals surface area (Å²) in [7, 11) is 0. The molecule has 0 amide bonds. The first-order chi connectivity index (χ1) is 0. The van der Waals surface area contributed by atoms with Crippen LogP contribution in [0.15, 0.2) is 0 Å². The van der Waals surface area contributed by atoms with E-state index in [1.165, 1.54) is 0 Å². The van der Waals surface area contributed by atoms with Crippen molar-refractivity contribution in [2.75, 3.05) is 0 Å². The van der Waals surface area contributed by atoms with Crippen LogP contribution in [-0.4, -0.2) is 17.4 Å². The Hall–Kier alpha value is 3.84. The quantitative estimate of drug-likeness (QED) is 0.347. The van der Waals surface area contributed by atoms with Crippen molar-refractivity contribution in [3.05, 3.63) is 0 Å². The van der Waals surface area contributed by atoms with E-state index in [1.807, 2.05) is 0 Å².